The molecule has 2 fully saturated rings. The van der Waals surface area contributed by atoms with Gasteiger partial charge in [0, 0.05) is 58.9 Å². The number of hydrogen-bond acceptors (Lipinski definition) is 7. The Kier molecular flexibility index (Phi) is 10.2. The van der Waals surface area contributed by atoms with E-state index in [9.17, 15) is 13.2 Å². The van der Waals surface area contributed by atoms with Crippen molar-refractivity contribution in [1.82, 2.24) is 19.0 Å². The van der Waals surface area contributed by atoms with Gasteiger partial charge in [0.05, 0.1) is 18.6 Å². The molecule has 1 saturated carbocycles. The molecule has 1 amide bonds. The Bertz CT molecular complexity index is 971. The number of amides is 1. The zero-order chi connectivity index (χ0) is 26.5. The molecule has 0 spiro atoms. The molecule has 1 aromatic carbocycles. The van der Waals surface area contributed by atoms with Gasteiger partial charge in [-0.05, 0) is 62.9 Å². The van der Waals surface area contributed by atoms with Crippen LogP contribution in [0.5, 0.6) is 5.75 Å². The zero-order valence-electron chi connectivity index (χ0n) is 22.8. The number of methoxy groups -OCH3 is 1. The molecule has 2 unspecified atom stereocenters. The number of ether oxygens (including phenoxy) is 2. The van der Waals surface area contributed by atoms with Gasteiger partial charge >= 0.3 is 0 Å². The minimum atomic E-state index is -3.68. The van der Waals surface area contributed by atoms with Crippen LogP contribution in [0.15, 0.2) is 17.0 Å². The number of carbonyl (C=O) groups is 1. The number of rotatable bonds is 11. The van der Waals surface area contributed by atoms with Gasteiger partial charge in [-0.3, -0.25) is 9.69 Å². The predicted octanol–water partition coefficient (Wildman–Crippen LogP) is 1.97. The molecule has 1 aliphatic heterocycles. The maximum atomic E-state index is 13.1. The maximum absolute atomic E-state index is 13.1. The average molecular weight is 525 g/mol. The van der Waals surface area contributed by atoms with Gasteiger partial charge in [-0.15, -0.1) is 0 Å². The molecular formula is C26H44N4O5S. The predicted molar refractivity (Wildman–Crippen MR) is 141 cm³/mol. The number of carbonyl (C=O) groups excluding carboxylic acids is 1. The summed E-state index contributed by atoms with van der Waals surface area (Å²) >= 11 is 0. The van der Waals surface area contributed by atoms with Gasteiger partial charge in [-0.2, -0.15) is 4.31 Å². The van der Waals surface area contributed by atoms with Gasteiger partial charge < -0.3 is 19.3 Å². The third-order valence-corrected chi connectivity index (χ3v) is 9.97. The van der Waals surface area contributed by atoms with E-state index in [0.717, 1.165) is 52.0 Å². The van der Waals surface area contributed by atoms with Crippen molar-refractivity contribution >= 4 is 15.9 Å². The van der Waals surface area contributed by atoms with Gasteiger partial charge in [0.15, 0.2) is 0 Å². The van der Waals surface area contributed by atoms with Gasteiger partial charge in [-0.25, -0.2) is 8.42 Å². The Balaban J connectivity index is 1.43. The second-order valence-electron chi connectivity index (χ2n) is 10.1. The van der Waals surface area contributed by atoms with Crippen molar-refractivity contribution in [2.24, 2.45) is 0 Å². The average Bonchev–Trinajstić information content (AvgIpc) is 3.35. The quantitative estimate of drug-likeness (QED) is 0.409. The highest BCUT2D eigenvalue weighted by molar-refractivity contribution is 7.89. The SMILES string of the molecule is CCN1CCN(C2CCC(N(C)C(=O)COCCN(C)S(=O)(=O)c3c(C)cc(OC)cc3C)C2)CC1. The van der Waals surface area contributed by atoms with Crippen LogP contribution in [0.4, 0.5) is 0 Å². The molecule has 3 rings (SSSR count). The summed E-state index contributed by atoms with van der Waals surface area (Å²) in [7, 11) is 1.27. The Morgan fingerprint density at radius 2 is 1.72 bits per heavy atom. The van der Waals surface area contributed by atoms with Crippen molar-refractivity contribution in [3.63, 3.8) is 0 Å². The number of likely N-dealkylation sites (N-methyl/N-ethyl adjacent to an activating group) is 3. The summed E-state index contributed by atoms with van der Waals surface area (Å²) in [5.41, 5.74) is 1.28. The van der Waals surface area contributed by atoms with Crippen LogP contribution in [0.1, 0.15) is 37.3 Å². The topological polar surface area (TPSA) is 82.6 Å². The summed E-state index contributed by atoms with van der Waals surface area (Å²) < 4.78 is 38.4. The first-order valence-electron chi connectivity index (χ1n) is 13.0. The lowest BCUT2D eigenvalue weighted by atomic mass is 10.1. The van der Waals surface area contributed by atoms with Crippen LogP contribution in [-0.4, -0.2) is 119 Å². The van der Waals surface area contributed by atoms with Gasteiger partial charge in [0.1, 0.15) is 12.4 Å². The van der Waals surface area contributed by atoms with Crippen LogP contribution < -0.4 is 4.74 Å². The zero-order valence-corrected chi connectivity index (χ0v) is 23.6. The number of hydrogen-bond donors (Lipinski definition) is 0. The van der Waals surface area contributed by atoms with E-state index < -0.39 is 10.0 Å². The van der Waals surface area contributed by atoms with Crippen molar-refractivity contribution in [2.75, 3.05) is 73.7 Å². The van der Waals surface area contributed by atoms with E-state index in [1.165, 1.54) is 11.4 Å². The summed E-state index contributed by atoms with van der Waals surface area (Å²) in [6.45, 7) is 11.6. The van der Waals surface area contributed by atoms with E-state index in [2.05, 4.69) is 16.7 Å². The van der Waals surface area contributed by atoms with Crippen LogP contribution in [0.2, 0.25) is 0 Å². The van der Waals surface area contributed by atoms with E-state index >= 15 is 0 Å². The fraction of sp³-hybridized carbons (Fsp3) is 0.731. The molecule has 1 aliphatic carbocycles. The Morgan fingerprint density at radius 3 is 2.31 bits per heavy atom. The van der Waals surface area contributed by atoms with Crippen molar-refractivity contribution in [3.05, 3.63) is 23.3 Å². The Hall–Kier alpha value is -1.72. The summed E-state index contributed by atoms with van der Waals surface area (Å²) in [5.74, 6) is 0.578. The van der Waals surface area contributed by atoms with E-state index in [-0.39, 0.29) is 36.6 Å². The molecule has 204 valence electrons. The first-order chi connectivity index (χ1) is 17.1. The summed E-state index contributed by atoms with van der Waals surface area (Å²) in [6, 6.07) is 4.22. The van der Waals surface area contributed by atoms with E-state index in [4.69, 9.17) is 9.47 Å². The summed E-state index contributed by atoms with van der Waals surface area (Å²) in [4.78, 5) is 19.9. The fourth-order valence-corrected chi connectivity index (χ4v) is 6.99. The largest absolute Gasteiger partial charge is 0.497 e. The lowest BCUT2D eigenvalue weighted by Gasteiger charge is -2.38. The maximum Gasteiger partial charge on any atom is 0.248 e. The van der Waals surface area contributed by atoms with Crippen LogP contribution >= 0.6 is 0 Å². The van der Waals surface area contributed by atoms with Crippen LogP contribution in [0.25, 0.3) is 0 Å². The molecule has 1 heterocycles. The van der Waals surface area contributed by atoms with E-state index in [1.54, 1.807) is 33.1 Å². The van der Waals surface area contributed by atoms with Crippen LogP contribution in [-0.2, 0) is 19.6 Å². The number of aryl methyl sites for hydroxylation is 2. The fourth-order valence-electron chi connectivity index (χ4n) is 5.43. The molecule has 10 heteroatoms. The molecule has 9 nitrogen and oxygen atoms in total. The minimum Gasteiger partial charge on any atom is -0.497 e. The second-order valence-corrected chi connectivity index (χ2v) is 12.0. The number of sulfonamides is 1. The summed E-state index contributed by atoms with van der Waals surface area (Å²) in [5, 5.41) is 0. The van der Waals surface area contributed by atoms with Crippen molar-refractivity contribution in [1.29, 1.82) is 0 Å². The van der Waals surface area contributed by atoms with Crippen LogP contribution in [0.3, 0.4) is 0 Å². The van der Waals surface area contributed by atoms with Gasteiger partial charge in [-0.1, -0.05) is 6.92 Å². The van der Waals surface area contributed by atoms with Gasteiger partial charge in [0.2, 0.25) is 15.9 Å². The standard InChI is InChI=1S/C26H44N4O5S/c1-7-29-10-12-30(13-11-29)23-9-8-22(18-23)28(5)25(31)19-35-15-14-27(4)36(32,33)26-20(2)16-24(34-6)17-21(26)3/h16-17,22-23H,7-15,18-19H2,1-6H3. The minimum absolute atomic E-state index is 0.0404. The first kappa shape index (κ1) is 28.8. The number of nitrogens with zero attached hydrogens (tertiary/aromatic N) is 4. The third-order valence-electron chi connectivity index (χ3n) is 7.80. The van der Waals surface area contributed by atoms with Crippen molar-refractivity contribution < 1.29 is 22.7 Å². The molecule has 0 radical (unpaired) electrons. The highest BCUT2D eigenvalue weighted by Crippen LogP contribution is 2.29. The second kappa shape index (κ2) is 12.7. The highest BCUT2D eigenvalue weighted by atomic mass is 32.2. The van der Waals surface area contributed by atoms with E-state index in [0.29, 0.717) is 22.9 Å². The van der Waals surface area contributed by atoms with Crippen LogP contribution in [0, 0.1) is 13.8 Å². The normalized spacial score (nSPS) is 21.8. The summed E-state index contributed by atoms with van der Waals surface area (Å²) in [6.07, 6.45) is 3.15. The third kappa shape index (κ3) is 6.77. The Morgan fingerprint density at radius 1 is 1.08 bits per heavy atom. The molecule has 2 aliphatic rings. The van der Waals surface area contributed by atoms with Crippen molar-refractivity contribution in [3.8, 4) is 5.75 Å². The molecular weight excluding hydrogens is 480 g/mol. The van der Waals surface area contributed by atoms with Gasteiger partial charge in [0.25, 0.3) is 0 Å². The monoisotopic (exact) mass is 524 g/mol. The lowest BCUT2D eigenvalue weighted by molar-refractivity contribution is -0.136. The Labute approximate surface area is 217 Å². The molecule has 36 heavy (non-hydrogen) atoms. The molecule has 1 saturated heterocycles. The smallest absolute Gasteiger partial charge is 0.248 e. The lowest BCUT2D eigenvalue weighted by Crippen LogP contribution is -2.50. The molecule has 0 bridgehead atoms. The van der Waals surface area contributed by atoms with E-state index in [1.807, 2.05) is 11.9 Å². The number of piperazine rings is 1. The molecule has 1 aromatic rings. The molecule has 0 aromatic heterocycles. The molecule has 2 atom stereocenters. The number of benzene rings is 1. The van der Waals surface area contributed by atoms with Crippen molar-refractivity contribution in [2.45, 2.75) is 57.0 Å². The first-order valence-corrected chi connectivity index (χ1v) is 14.4. The molecule has 0 N–H and O–H groups in total. The highest BCUT2D eigenvalue weighted by Gasteiger charge is 2.34.